The lowest BCUT2D eigenvalue weighted by Crippen LogP contribution is -2.39. The molecular formula is C19H31IN4S. The molecule has 1 aromatic carbocycles. The largest absolute Gasteiger partial charge is 0.372 e. The minimum Gasteiger partial charge on any atom is -0.372 e. The van der Waals surface area contributed by atoms with Crippen LogP contribution < -0.4 is 15.5 Å². The zero-order valence-electron chi connectivity index (χ0n) is 15.3. The van der Waals surface area contributed by atoms with E-state index in [9.17, 15) is 0 Å². The van der Waals surface area contributed by atoms with Gasteiger partial charge in [-0.2, -0.15) is 11.8 Å². The average Bonchev–Trinajstić information content (AvgIpc) is 3.15. The van der Waals surface area contributed by atoms with Gasteiger partial charge in [0.15, 0.2) is 5.96 Å². The molecule has 1 aromatic rings. The van der Waals surface area contributed by atoms with Crippen molar-refractivity contribution in [2.45, 2.75) is 25.8 Å². The Morgan fingerprint density at radius 1 is 1.40 bits per heavy atom. The van der Waals surface area contributed by atoms with Gasteiger partial charge in [0.05, 0.1) is 6.04 Å². The summed E-state index contributed by atoms with van der Waals surface area (Å²) >= 11 is 1.87. The van der Waals surface area contributed by atoms with Crippen LogP contribution in [0.1, 0.15) is 31.4 Å². The normalized spacial score (nSPS) is 15.4. The third-order valence-corrected chi connectivity index (χ3v) is 5.16. The first kappa shape index (κ1) is 22.2. The Balaban J connectivity index is 0.00000312. The Labute approximate surface area is 174 Å². The highest BCUT2D eigenvalue weighted by molar-refractivity contribution is 14.0. The summed E-state index contributed by atoms with van der Waals surface area (Å²) in [4.78, 5) is 6.80. The van der Waals surface area contributed by atoms with Crippen LogP contribution in [-0.4, -0.2) is 44.1 Å². The van der Waals surface area contributed by atoms with Crippen molar-refractivity contribution < 1.29 is 0 Å². The second-order valence-electron chi connectivity index (χ2n) is 6.02. The topological polar surface area (TPSA) is 39.7 Å². The summed E-state index contributed by atoms with van der Waals surface area (Å²) in [7, 11) is 1.82. The third-order valence-electron chi connectivity index (χ3n) is 4.19. The molecule has 0 aliphatic carbocycles. The molecule has 0 radical (unpaired) electrons. The molecule has 1 heterocycles. The summed E-state index contributed by atoms with van der Waals surface area (Å²) in [5, 5.41) is 6.85. The summed E-state index contributed by atoms with van der Waals surface area (Å²) in [5.74, 6) is 2.90. The van der Waals surface area contributed by atoms with Gasteiger partial charge in [0, 0.05) is 43.9 Å². The molecule has 25 heavy (non-hydrogen) atoms. The van der Waals surface area contributed by atoms with Crippen LogP contribution in [-0.2, 0) is 0 Å². The van der Waals surface area contributed by atoms with Crippen molar-refractivity contribution in [3.63, 3.8) is 0 Å². The van der Waals surface area contributed by atoms with Crippen LogP contribution in [0.4, 0.5) is 5.69 Å². The van der Waals surface area contributed by atoms with Crippen molar-refractivity contribution in [3.05, 3.63) is 42.5 Å². The monoisotopic (exact) mass is 474 g/mol. The number of guanidine groups is 1. The maximum absolute atomic E-state index is 4.33. The second kappa shape index (κ2) is 12.5. The van der Waals surface area contributed by atoms with E-state index >= 15 is 0 Å². The summed E-state index contributed by atoms with van der Waals surface area (Å²) < 4.78 is 0. The van der Waals surface area contributed by atoms with E-state index in [1.54, 1.807) is 0 Å². The predicted molar refractivity (Wildman–Crippen MR) is 124 cm³/mol. The molecule has 1 saturated heterocycles. The first-order valence-electron chi connectivity index (χ1n) is 8.75. The molecule has 4 nitrogen and oxygen atoms in total. The van der Waals surface area contributed by atoms with E-state index in [2.05, 4.69) is 58.3 Å². The van der Waals surface area contributed by atoms with Crippen molar-refractivity contribution >= 4 is 47.4 Å². The quantitative estimate of drug-likeness (QED) is 0.196. The number of nitrogens with one attached hydrogen (secondary N) is 2. The zero-order chi connectivity index (χ0) is 17.2. The Bertz CT molecular complexity index is 544. The molecule has 0 bridgehead atoms. The van der Waals surface area contributed by atoms with Crippen LogP contribution >= 0.6 is 35.7 Å². The molecule has 0 aromatic heterocycles. The van der Waals surface area contributed by atoms with Crippen LogP contribution in [0.15, 0.2) is 41.9 Å². The van der Waals surface area contributed by atoms with Crippen LogP contribution in [0.3, 0.4) is 0 Å². The molecule has 2 rings (SSSR count). The third kappa shape index (κ3) is 7.48. The number of anilines is 1. The highest BCUT2D eigenvalue weighted by atomic mass is 127. The first-order valence-corrected chi connectivity index (χ1v) is 9.91. The van der Waals surface area contributed by atoms with E-state index in [1.807, 2.05) is 24.9 Å². The lowest BCUT2D eigenvalue weighted by Gasteiger charge is -2.22. The molecule has 1 unspecified atom stereocenters. The van der Waals surface area contributed by atoms with Gasteiger partial charge in [0.2, 0.25) is 0 Å². The predicted octanol–water partition coefficient (Wildman–Crippen LogP) is 4.05. The van der Waals surface area contributed by atoms with Gasteiger partial charge in [0.25, 0.3) is 0 Å². The standard InChI is InChI=1S/C19H30N4S.HI/c1-4-13-24-14-10-21-19(20-3)22-16(2)17-8-7-9-18(15-17)23-11-5-6-12-23;/h4,7-9,15-16H,1,5-6,10-14H2,2-3H3,(H2,20,21,22);1H. The Morgan fingerprint density at radius 2 is 2.16 bits per heavy atom. The van der Waals surface area contributed by atoms with Crippen molar-refractivity contribution in [2.24, 2.45) is 4.99 Å². The van der Waals surface area contributed by atoms with E-state index in [0.717, 1.165) is 24.0 Å². The maximum Gasteiger partial charge on any atom is 0.191 e. The second-order valence-corrected chi connectivity index (χ2v) is 7.17. The van der Waals surface area contributed by atoms with Gasteiger partial charge in [-0.05, 0) is 37.5 Å². The molecule has 0 saturated carbocycles. The molecule has 0 amide bonds. The molecule has 1 atom stereocenters. The van der Waals surface area contributed by atoms with Crippen LogP contribution in [0.2, 0.25) is 0 Å². The molecular weight excluding hydrogens is 443 g/mol. The Kier molecular flexibility index (Phi) is 11.0. The number of benzene rings is 1. The number of hydrogen-bond donors (Lipinski definition) is 2. The smallest absolute Gasteiger partial charge is 0.191 e. The number of halogens is 1. The van der Waals surface area contributed by atoms with E-state index in [0.29, 0.717) is 0 Å². The molecule has 0 spiro atoms. The van der Waals surface area contributed by atoms with Crippen molar-refractivity contribution in [3.8, 4) is 0 Å². The van der Waals surface area contributed by atoms with Crippen molar-refractivity contribution in [1.82, 2.24) is 10.6 Å². The van der Waals surface area contributed by atoms with Gasteiger partial charge in [0.1, 0.15) is 0 Å². The number of thioether (sulfide) groups is 1. The number of hydrogen-bond acceptors (Lipinski definition) is 3. The highest BCUT2D eigenvalue weighted by Gasteiger charge is 2.14. The lowest BCUT2D eigenvalue weighted by molar-refractivity contribution is 0.690. The number of aliphatic imine (C=N–C) groups is 1. The molecule has 1 aliphatic rings. The van der Waals surface area contributed by atoms with E-state index in [4.69, 9.17) is 0 Å². The van der Waals surface area contributed by atoms with Gasteiger partial charge in [-0.25, -0.2) is 0 Å². The number of rotatable bonds is 8. The number of nitrogens with zero attached hydrogens (tertiary/aromatic N) is 2. The van der Waals surface area contributed by atoms with Gasteiger partial charge >= 0.3 is 0 Å². The average molecular weight is 474 g/mol. The van der Waals surface area contributed by atoms with Crippen molar-refractivity contribution in [1.29, 1.82) is 0 Å². The molecule has 140 valence electrons. The molecule has 1 fully saturated rings. The van der Waals surface area contributed by atoms with Crippen LogP contribution in [0, 0.1) is 0 Å². The van der Waals surface area contributed by atoms with Crippen LogP contribution in [0.25, 0.3) is 0 Å². The Morgan fingerprint density at radius 3 is 2.84 bits per heavy atom. The van der Waals surface area contributed by atoms with E-state index in [-0.39, 0.29) is 30.0 Å². The summed E-state index contributed by atoms with van der Waals surface area (Å²) in [6.45, 7) is 9.18. The summed E-state index contributed by atoms with van der Waals surface area (Å²) in [5.41, 5.74) is 2.63. The SMILES string of the molecule is C=CCSCCNC(=NC)NC(C)c1cccc(N2CCCC2)c1.I. The maximum atomic E-state index is 4.33. The van der Waals surface area contributed by atoms with Gasteiger partial charge in [-0.3, -0.25) is 4.99 Å². The van der Waals surface area contributed by atoms with Crippen molar-refractivity contribution in [2.75, 3.05) is 43.1 Å². The van der Waals surface area contributed by atoms with Gasteiger partial charge in [-0.1, -0.05) is 18.2 Å². The Hall–Kier alpha value is -0.890. The summed E-state index contributed by atoms with van der Waals surface area (Å²) in [6.07, 6.45) is 4.55. The minimum atomic E-state index is 0. The van der Waals surface area contributed by atoms with E-state index in [1.165, 1.54) is 37.2 Å². The minimum absolute atomic E-state index is 0. The summed E-state index contributed by atoms with van der Waals surface area (Å²) in [6, 6.07) is 9.08. The molecule has 2 N–H and O–H groups in total. The zero-order valence-corrected chi connectivity index (χ0v) is 18.5. The van der Waals surface area contributed by atoms with Gasteiger partial charge < -0.3 is 15.5 Å². The molecule has 1 aliphatic heterocycles. The highest BCUT2D eigenvalue weighted by Crippen LogP contribution is 2.23. The van der Waals surface area contributed by atoms with Crippen LogP contribution in [0.5, 0.6) is 0 Å². The fourth-order valence-corrected chi connectivity index (χ4v) is 3.44. The molecule has 6 heteroatoms. The lowest BCUT2D eigenvalue weighted by atomic mass is 10.1. The fourth-order valence-electron chi connectivity index (χ4n) is 2.86. The van der Waals surface area contributed by atoms with E-state index < -0.39 is 0 Å². The van der Waals surface area contributed by atoms with Gasteiger partial charge in [-0.15, -0.1) is 30.6 Å². The fraction of sp³-hybridized carbons (Fsp3) is 0.526. The first-order chi connectivity index (χ1) is 11.7.